The number of aliphatic carboxylic acids is 1. The van der Waals surface area contributed by atoms with Gasteiger partial charge in [0.05, 0.1) is 12.0 Å². The van der Waals surface area contributed by atoms with Crippen molar-refractivity contribution in [2.45, 2.75) is 25.5 Å². The Hall–Kier alpha value is -1.14. The van der Waals surface area contributed by atoms with Gasteiger partial charge in [0.2, 0.25) is 5.91 Å². The molecule has 0 spiro atoms. The predicted molar refractivity (Wildman–Crippen MR) is 47.5 cm³/mol. The van der Waals surface area contributed by atoms with Gasteiger partial charge in [-0.25, -0.2) is 0 Å². The first-order valence-electron chi connectivity index (χ1n) is 4.67. The van der Waals surface area contributed by atoms with Gasteiger partial charge in [0.25, 0.3) is 0 Å². The molecule has 0 aliphatic carbocycles. The SMILES string of the molecule is COCOC(C)C1C(=O)NC1CC(=O)[O-]. The van der Waals surface area contributed by atoms with E-state index in [4.69, 9.17) is 9.47 Å². The number of hydrogen-bond acceptors (Lipinski definition) is 5. The lowest BCUT2D eigenvalue weighted by atomic mass is 9.84. The van der Waals surface area contributed by atoms with Crippen molar-refractivity contribution in [3.8, 4) is 0 Å². The molecule has 1 amide bonds. The van der Waals surface area contributed by atoms with Gasteiger partial charge >= 0.3 is 0 Å². The van der Waals surface area contributed by atoms with Gasteiger partial charge in [-0.15, -0.1) is 0 Å². The van der Waals surface area contributed by atoms with Crippen LogP contribution in [-0.4, -0.2) is 37.9 Å². The molecular weight excluding hydrogens is 202 g/mol. The smallest absolute Gasteiger partial charge is 0.228 e. The van der Waals surface area contributed by atoms with Crippen LogP contribution in [0.3, 0.4) is 0 Å². The molecule has 0 bridgehead atoms. The van der Waals surface area contributed by atoms with Gasteiger partial charge in [0.1, 0.15) is 6.79 Å². The summed E-state index contributed by atoms with van der Waals surface area (Å²) in [7, 11) is 1.48. The first-order valence-corrected chi connectivity index (χ1v) is 4.67. The van der Waals surface area contributed by atoms with E-state index in [9.17, 15) is 14.7 Å². The number of amides is 1. The van der Waals surface area contributed by atoms with Gasteiger partial charge in [-0.2, -0.15) is 0 Å². The van der Waals surface area contributed by atoms with Crippen LogP contribution in [0.5, 0.6) is 0 Å². The first kappa shape index (κ1) is 11.9. The Kier molecular flexibility index (Phi) is 4.05. The van der Waals surface area contributed by atoms with Crippen molar-refractivity contribution in [1.29, 1.82) is 0 Å². The summed E-state index contributed by atoms with van der Waals surface area (Å²) in [5.41, 5.74) is 0. The van der Waals surface area contributed by atoms with Crippen LogP contribution in [0.25, 0.3) is 0 Å². The number of carbonyl (C=O) groups excluding carboxylic acids is 2. The second kappa shape index (κ2) is 5.09. The van der Waals surface area contributed by atoms with E-state index in [1.807, 2.05) is 0 Å². The highest BCUT2D eigenvalue weighted by Crippen LogP contribution is 2.23. The number of carbonyl (C=O) groups is 2. The lowest BCUT2D eigenvalue weighted by Gasteiger charge is -2.40. The average molecular weight is 216 g/mol. The lowest BCUT2D eigenvalue weighted by molar-refractivity contribution is -0.306. The minimum absolute atomic E-state index is 0.0863. The van der Waals surface area contributed by atoms with Gasteiger partial charge in [-0.3, -0.25) is 4.79 Å². The first-order chi connectivity index (χ1) is 7.06. The third-order valence-corrected chi connectivity index (χ3v) is 2.40. The van der Waals surface area contributed by atoms with Crippen molar-refractivity contribution in [3.63, 3.8) is 0 Å². The quantitative estimate of drug-likeness (QED) is 0.420. The fourth-order valence-corrected chi connectivity index (χ4v) is 1.63. The summed E-state index contributed by atoms with van der Waals surface area (Å²) >= 11 is 0. The van der Waals surface area contributed by atoms with Gasteiger partial charge in [0.15, 0.2) is 0 Å². The van der Waals surface area contributed by atoms with Gasteiger partial charge in [-0.05, 0) is 6.92 Å². The normalized spacial score (nSPS) is 26.7. The molecule has 0 aromatic carbocycles. The zero-order valence-electron chi connectivity index (χ0n) is 8.69. The Morgan fingerprint density at radius 3 is 2.80 bits per heavy atom. The molecule has 1 aliphatic rings. The molecule has 3 unspecified atom stereocenters. The molecule has 1 saturated heterocycles. The second-order valence-corrected chi connectivity index (χ2v) is 3.50. The molecule has 86 valence electrons. The summed E-state index contributed by atoms with van der Waals surface area (Å²) in [6.07, 6.45) is -0.542. The highest BCUT2D eigenvalue weighted by Gasteiger charge is 2.43. The molecule has 15 heavy (non-hydrogen) atoms. The molecule has 0 saturated carbocycles. The molecule has 6 nitrogen and oxygen atoms in total. The number of methoxy groups -OCH3 is 1. The van der Waals surface area contributed by atoms with Crippen LogP contribution in [0.1, 0.15) is 13.3 Å². The Bertz CT molecular complexity index is 255. The standard InChI is InChI=1S/C9H15NO5/c1-5(15-4-14-2)8-6(3-7(11)12)10-9(8)13/h5-6,8H,3-4H2,1-2H3,(H,10,13)(H,11,12)/p-1. The predicted octanol–water partition coefficient (Wildman–Crippen LogP) is -1.75. The Labute approximate surface area is 87.5 Å². The molecule has 0 aromatic rings. The zero-order valence-corrected chi connectivity index (χ0v) is 8.69. The number of β-lactam (4-membered cyclic amide) rings is 1. The van der Waals surface area contributed by atoms with E-state index in [-0.39, 0.29) is 25.2 Å². The van der Waals surface area contributed by atoms with E-state index >= 15 is 0 Å². The highest BCUT2D eigenvalue weighted by molar-refractivity contribution is 5.87. The lowest BCUT2D eigenvalue weighted by Crippen LogP contribution is -2.63. The monoisotopic (exact) mass is 216 g/mol. The Morgan fingerprint density at radius 2 is 2.33 bits per heavy atom. The molecule has 1 fully saturated rings. The number of ether oxygens (including phenoxy) is 2. The molecule has 0 radical (unpaired) electrons. The van der Waals surface area contributed by atoms with Gasteiger partial charge in [0, 0.05) is 25.5 Å². The molecular formula is C9H14NO5-. The zero-order chi connectivity index (χ0) is 11.4. The van der Waals surface area contributed by atoms with Crippen LogP contribution in [0.4, 0.5) is 0 Å². The average Bonchev–Trinajstić information content (AvgIpc) is 2.12. The van der Waals surface area contributed by atoms with E-state index < -0.39 is 17.9 Å². The summed E-state index contributed by atoms with van der Waals surface area (Å²) in [5.74, 6) is -1.80. The second-order valence-electron chi connectivity index (χ2n) is 3.50. The van der Waals surface area contributed by atoms with E-state index in [1.54, 1.807) is 6.92 Å². The number of carboxylic acid groups (broad SMARTS) is 1. The van der Waals surface area contributed by atoms with Crippen molar-refractivity contribution in [3.05, 3.63) is 0 Å². The third kappa shape index (κ3) is 2.90. The number of rotatable bonds is 6. The largest absolute Gasteiger partial charge is 0.550 e. The van der Waals surface area contributed by atoms with Crippen LogP contribution in [0.15, 0.2) is 0 Å². The molecule has 3 atom stereocenters. The van der Waals surface area contributed by atoms with Gasteiger partial charge in [-0.1, -0.05) is 0 Å². The van der Waals surface area contributed by atoms with Crippen LogP contribution < -0.4 is 10.4 Å². The fraction of sp³-hybridized carbons (Fsp3) is 0.778. The minimum atomic E-state index is -1.18. The van der Waals surface area contributed by atoms with Crippen LogP contribution in [-0.2, 0) is 19.1 Å². The summed E-state index contributed by atoms with van der Waals surface area (Å²) in [6, 6.07) is -0.394. The number of nitrogens with one attached hydrogen (secondary N) is 1. The van der Waals surface area contributed by atoms with Crippen molar-refractivity contribution >= 4 is 11.9 Å². The summed E-state index contributed by atoms with van der Waals surface area (Å²) in [5, 5.41) is 12.9. The van der Waals surface area contributed by atoms with Gasteiger partial charge < -0.3 is 24.7 Å². The van der Waals surface area contributed by atoms with E-state index in [1.165, 1.54) is 7.11 Å². The Balaban J connectivity index is 2.43. The number of carboxylic acids is 1. The maximum Gasteiger partial charge on any atom is 0.228 e. The summed E-state index contributed by atoms with van der Waals surface area (Å²) < 4.78 is 9.88. The highest BCUT2D eigenvalue weighted by atomic mass is 16.7. The van der Waals surface area contributed by atoms with E-state index in [0.29, 0.717) is 0 Å². The summed E-state index contributed by atoms with van der Waals surface area (Å²) in [4.78, 5) is 21.5. The van der Waals surface area contributed by atoms with Crippen molar-refractivity contribution in [2.24, 2.45) is 5.92 Å². The maximum absolute atomic E-state index is 11.2. The van der Waals surface area contributed by atoms with Crippen LogP contribution in [0, 0.1) is 5.92 Å². The third-order valence-electron chi connectivity index (χ3n) is 2.40. The molecule has 6 heteroatoms. The molecule has 1 aliphatic heterocycles. The Morgan fingerprint density at radius 1 is 1.67 bits per heavy atom. The molecule has 0 aromatic heterocycles. The van der Waals surface area contributed by atoms with Crippen molar-refractivity contribution in [1.82, 2.24) is 5.32 Å². The number of hydrogen-bond donors (Lipinski definition) is 1. The molecule has 1 N–H and O–H groups in total. The van der Waals surface area contributed by atoms with Crippen LogP contribution >= 0.6 is 0 Å². The molecule has 1 heterocycles. The summed E-state index contributed by atoms with van der Waals surface area (Å²) in [6.45, 7) is 1.80. The van der Waals surface area contributed by atoms with Crippen molar-refractivity contribution in [2.75, 3.05) is 13.9 Å². The minimum Gasteiger partial charge on any atom is -0.550 e. The van der Waals surface area contributed by atoms with E-state index in [0.717, 1.165) is 0 Å². The maximum atomic E-state index is 11.2. The van der Waals surface area contributed by atoms with Crippen molar-refractivity contribution < 1.29 is 24.2 Å². The fourth-order valence-electron chi connectivity index (χ4n) is 1.63. The van der Waals surface area contributed by atoms with Crippen LogP contribution in [0.2, 0.25) is 0 Å². The topological polar surface area (TPSA) is 87.7 Å². The molecule has 1 rings (SSSR count). The van der Waals surface area contributed by atoms with E-state index in [2.05, 4.69) is 5.32 Å².